The smallest absolute Gasteiger partial charge is 0.0772 e. The molecule has 58 valence electrons. The maximum atomic E-state index is 9.56. The number of hydrogen-bond donors (Lipinski definition) is 1. The fourth-order valence-corrected chi connectivity index (χ4v) is 1.39. The second-order valence-corrected chi connectivity index (χ2v) is 3.36. The highest BCUT2D eigenvalue weighted by molar-refractivity contribution is 5.13. The van der Waals surface area contributed by atoms with Crippen molar-refractivity contribution in [3.05, 3.63) is 11.6 Å². The van der Waals surface area contributed by atoms with E-state index < -0.39 is 0 Å². The molecule has 0 aliphatic heterocycles. The second kappa shape index (κ2) is 3.20. The van der Waals surface area contributed by atoms with Gasteiger partial charge in [0.25, 0.3) is 0 Å². The fourth-order valence-electron chi connectivity index (χ4n) is 1.39. The lowest BCUT2D eigenvalue weighted by molar-refractivity contribution is 0.158. The number of allylic oxidation sites excluding steroid dienone is 1. The third-order valence-corrected chi connectivity index (χ3v) is 2.09. The molecule has 0 heterocycles. The van der Waals surface area contributed by atoms with Crippen LogP contribution in [0.25, 0.3) is 0 Å². The van der Waals surface area contributed by atoms with Crippen molar-refractivity contribution in [3.63, 3.8) is 0 Å². The molecule has 0 bridgehead atoms. The summed E-state index contributed by atoms with van der Waals surface area (Å²) in [5.74, 6) is 0.379. The Labute approximate surface area is 62.8 Å². The Morgan fingerprint density at radius 3 is 2.60 bits per heavy atom. The molecule has 1 nitrogen and oxygen atoms in total. The Morgan fingerprint density at radius 1 is 1.50 bits per heavy atom. The van der Waals surface area contributed by atoms with E-state index in [0.29, 0.717) is 5.92 Å². The number of aliphatic hydroxyl groups excluding tert-OH is 1. The summed E-state index contributed by atoms with van der Waals surface area (Å²) >= 11 is 0. The predicted octanol–water partition coefficient (Wildman–Crippen LogP) is 2.11. The van der Waals surface area contributed by atoms with Crippen LogP contribution in [-0.2, 0) is 0 Å². The van der Waals surface area contributed by atoms with Crippen molar-refractivity contribution in [2.24, 2.45) is 5.92 Å². The van der Waals surface area contributed by atoms with Gasteiger partial charge in [0, 0.05) is 0 Å². The van der Waals surface area contributed by atoms with Crippen LogP contribution in [0.1, 0.15) is 33.1 Å². The van der Waals surface area contributed by atoms with E-state index in [1.165, 1.54) is 18.4 Å². The third-order valence-electron chi connectivity index (χ3n) is 2.09. The van der Waals surface area contributed by atoms with E-state index >= 15 is 0 Å². The molecule has 0 radical (unpaired) electrons. The molecular formula is C9H16O. The van der Waals surface area contributed by atoms with Gasteiger partial charge in [-0.05, 0) is 30.8 Å². The zero-order chi connectivity index (χ0) is 7.56. The van der Waals surface area contributed by atoms with Gasteiger partial charge in [-0.1, -0.05) is 19.9 Å². The first-order valence-corrected chi connectivity index (χ1v) is 4.09. The van der Waals surface area contributed by atoms with Crippen LogP contribution in [0.15, 0.2) is 11.6 Å². The molecule has 1 unspecified atom stereocenters. The van der Waals surface area contributed by atoms with Crippen LogP contribution in [-0.4, -0.2) is 11.2 Å². The summed E-state index contributed by atoms with van der Waals surface area (Å²) in [6.07, 6.45) is 5.52. The first kappa shape index (κ1) is 7.80. The maximum absolute atomic E-state index is 9.56. The lowest BCUT2D eigenvalue weighted by atomic mass is 9.99. The fraction of sp³-hybridized carbons (Fsp3) is 0.778. The van der Waals surface area contributed by atoms with Gasteiger partial charge >= 0.3 is 0 Å². The van der Waals surface area contributed by atoms with Gasteiger partial charge in [-0.3, -0.25) is 0 Å². The molecule has 0 saturated heterocycles. The van der Waals surface area contributed by atoms with E-state index in [1.807, 2.05) is 0 Å². The standard InChI is InChI=1S/C9H16O/c1-7(2)9(10)8-5-3-4-6-8/h5,7,9-10H,3-4,6H2,1-2H3. The Kier molecular flexibility index (Phi) is 2.50. The Morgan fingerprint density at radius 2 is 2.20 bits per heavy atom. The summed E-state index contributed by atoms with van der Waals surface area (Å²) in [5, 5.41) is 9.56. The molecule has 0 saturated carbocycles. The molecule has 0 aromatic heterocycles. The Bertz CT molecular complexity index is 136. The molecule has 1 rings (SSSR count). The van der Waals surface area contributed by atoms with Gasteiger partial charge in [-0.15, -0.1) is 0 Å². The zero-order valence-electron chi connectivity index (χ0n) is 6.80. The SMILES string of the molecule is CC(C)C(O)C1=CCCC1. The molecule has 1 heteroatoms. The summed E-state index contributed by atoms with van der Waals surface area (Å²) in [4.78, 5) is 0. The molecule has 1 aliphatic rings. The molecule has 1 N–H and O–H groups in total. The summed E-state index contributed by atoms with van der Waals surface area (Å²) in [6.45, 7) is 4.12. The van der Waals surface area contributed by atoms with Crippen molar-refractivity contribution in [3.8, 4) is 0 Å². The quantitative estimate of drug-likeness (QED) is 0.582. The molecule has 1 aliphatic carbocycles. The molecule has 0 aromatic carbocycles. The lowest BCUT2D eigenvalue weighted by Crippen LogP contribution is -2.16. The average Bonchev–Trinajstić information content (AvgIpc) is 2.36. The van der Waals surface area contributed by atoms with Crippen LogP contribution < -0.4 is 0 Å². The number of aliphatic hydroxyl groups is 1. The molecule has 0 spiro atoms. The summed E-state index contributed by atoms with van der Waals surface area (Å²) in [5.41, 5.74) is 1.26. The van der Waals surface area contributed by atoms with Gasteiger partial charge in [0.1, 0.15) is 0 Å². The zero-order valence-corrected chi connectivity index (χ0v) is 6.80. The van der Waals surface area contributed by atoms with E-state index in [1.54, 1.807) is 0 Å². The topological polar surface area (TPSA) is 20.2 Å². The second-order valence-electron chi connectivity index (χ2n) is 3.36. The van der Waals surface area contributed by atoms with Gasteiger partial charge in [-0.2, -0.15) is 0 Å². The number of rotatable bonds is 2. The van der Waals surface area contributed by atoms with Crippen molar-refractivity contribution < 1.29 is 5.11 Å². The maximum Gasteiger partial charge on any atom is 0.0772 e. The highest BCUT2D eigenvalue weighted by Gasteiger charge is 2.16. The van der Waals surface area contributed by atoms with Crippen LogP contribution >= 0.6 is 0 Å². The van der Waals surface area contributed by atoms with Gasteiger partial charge in [-0.25, -0.2) is 0 Å². The average molecular weight is 140 g/mol. The van der Waals surface area contributed by atoms with Crippen LogP contribution in [0, 0.1) is 5.92 Å². The summed E-state index contributed by atoms with van der Waals surface area (Å²) < 4.78 is 0. The van der Waals surface area contributed by atoms with Gasteiger partial charge in [0.2, 0.25) is 0 Å². The minimum atomic E-state index is -0.178. The van der Waals surface area contributed by atoms with E-state index in [4.69, 9.17) is 0 Å². The highest BCUT2D eigenvalue weighted by Crippen LogP contribution is 2.24. The first-order chi connectivity index (χ1) is 4.72. The summed E-state index contributed by atoms with van der Waals surface area (Å²) in [6, 6.07) is 0. The third kappa shape index (κ3) is 1.60. The predicted molar refractivity (Wildman–Crippen MR) is 42.8 cm³/mol. The van der Waals surface area contributed by atoms with Crippen molar-refractivity contribution in [2.75, 3.05) is 0 Å². The van der Waals surface area contributed by atoms with Crippen molar-refractivity contribution in [1.82, 2.24) is 0 Å². The van der Waals surface area contributed by atoms with Crippen molar-refractivity contribution in [2.45, 2.75) is 39.2 Å². The van der Waals surface area contributed by atoms with Crippen molar-refractivity contribution >= 4 is 0 Å². The largest absolute Gasteiger partial charge is 0.388 e. The molecule has 10 heavy (non-hydrogen) atoms. The van der Waals surface area contributed by atoms with Crippen LogP contribution in [0.5, 0.6) is 0 Å². The van der Waals surface area contributed by atoms with E-state index in [-0.39, 0.29) is 6.10 Å². The van der Waals surface area contributed by atoms with Gasteiger partial charge < -0.3 is 5.11 Å². The summed E-state index contributed by atoms with van der Waals surface area (Å²) in [7, 11) is 0. The molecule has 1 atom stereocenters. The minimum Gasteiger partial charge on any atom is -0.388 e. The monoisotopic (exact) mass is 140 g/mol. The molecule has 0 aromatic rings. The highest BCUT2D eigenvalue weighted by atomic mass is 16.3. The van der Waals surface area contributed by atoms with E-state index in [2.05, 4.69) is 19.9 Å². The lowest BCUT2D eigenvalue weighted by Gasteiger charge is -2.15. The Hall–Kier alpha value is -0.300. The Balaban J connectivity index is 2.47. The molecule has 0 fully saturated rings. The number of hydrogen-bond acceptors (Lipinski definition) is 1. The molecular weight excluding hydrogens is 124 g/mol. The van der Waals surface area contributed by atoms with Crippen molar-refractivity contribution in [1.29, 1.82) is 0 Å². The van der Waals surface area contributed by atoms with Gasteiger partial charge in [0.05, 0.1) is 6.10 Å². The van der Waals surface area contributed by atoms with Crippen LogP contribution in [0.3, 0.4) is 0 Å². The normalized spacial score (nSPS) is 21.4. The minimum absolute atomic E-state index is 0.178. The van der Waals surface area contributed by atoms with Crippen LogP contribution in [0.2, 0.25) is 0 Å². The van der Waals surface area contributed by atoms with Crippen LogP contribution in [0.4, 0.5) is 0 Å². The first-order valence-electron chi connectivity index (χ1n) is 4.09. The van der Waals surface area contributed by atoms with Gasteiger partial charge in [0.15, 0.2) is 0 Å². The van der Waals surface area contributed by atoms with E-state index in [0.717, 1.165) is 6.42 Å². The van der Waals surface area contributed by atoms with E-state index in [9.17, 15) is 5.11 Å². The molecule has 0 amide bonds.